The number of aliphatic hydroxyl groups is 1. The third-order valence-electron chi connectivity index (χ3n) is 5.65. The number of benzene rings is 1. The molecule has 2 aliphatic rings. The Bertz CT molecular complexity index is 1320. The predicted octanol–water partition coefficient (Wildman–Crippen LogP) is 2.42. The van der Waals surface area contributed by atoms with E-state index in [1.54, 1.807) is 28.8 Å². The maximum atomic E-state index is 14.6. The van der Waals surface area contributed by atoms with Crippen molar-refractivity contribution in [2.24, 2.45) is 0 Å². The van der Waals surface area contributed by atoms with E-state index in [2.05, 4.69) is 15.3 Å². The molecule has 0 bridgehead atoms. The number of carbonyl (C=O) groups excluding carboxylic acids is 2. The van der Waals surface area contributed by atoms with E-state index < -0.39 is 22.9 Å². The first-order valence-electron chi connectivity index (χ1n) is 11.7. The fourth-order valence-corrected chi connectivity index (χ4v) is 3.84. The number of anilines is 1. The van der Waals surface area contributed by atoms with Crippen LogP contribution in [0.3, 0.4) is 0 Å². The molecule has 1 unspecified atom stereocenters. The highest BCUT2D eigenvalue weighted by Crippen LogP contribution is 2.28. The van der Waals surface area contributed by atoms with Crippen molar-refractivity contribution < 1.29 is 33.5 Å². The van der Waals surface area contributed by atoms with Gasteiger partial charge in [0.2, 0.25) is 5.91 Å². The molecule has 2 aromatic heterocycles. The van der Waals surface area contributed by atoms with Gasteiger partial charge in [0, 0.05) is 24.0 Å². The number of ether oxygens (including phenoxy) is 2. The van der Waals surface area contributed by atoms with Crippen molar-refractivity contribution in [3.05, 3.63) is 64.2 Å². The normalized spacial score (nSPS) is 16.0. The summed E-state index contributed by atoms with van der Waals surface area (Å²) < 4.78 is 26.5. The summed E-state index contributed by atoms with van der Waals surface area (Å²) in [6, 6.07) is 9.70. The smallest absolute Gasteiger partial charge is 0.414 e. The average molecular weight is 528 g/mol. The number of nitrogens with one attached hydrogen (secondary N) is 1. The number of nitrogens with zero attached hydrogens (tertiary/aromatic N) is 5. The molecule has 14 heteroatoms. The zero-order chi connectivity index (χ0) is 27.2. The number of pyridine rings is 1. The van der Waals surface area contributed by atoms with E-state index in [0.29, 0.717) is 29.7 Å². The molecule has 5 rings (SSSR count). The molecule has 1 atom stereocenters. The number of aliphatic hydroxyl groups excluding tert-OH is 1. The standard InChI is InChI=1S/C18H18FN3O4.C6H7N3O3/c1-11(24)20-8-14-9-22(18(25)26-14)13-5-6-15(16(19)7-13)17-4-2-3-12(10-23)21-17;10-9(11)5-4-8-2-1-3-12-6(8)7-5/h2-7,14,23H,8-10H2,1H3,(H,20,24);4H,1-3H2. The number of nitro groups is 1. The number of imidazole rings is 1. The number of carbonyl (C=O) groups is 2. The first-order chi connectivity index (χ1) is 18.2. The van der Waals surface area contributed by atoms with Crippen LogP contribution in [0.5, 0.6) is 6.01 Å². The Kier molecular flexibility index (Phi) is 8.11. The van der Waals surface area contributed by atoms with Crippen LogP contribution in [0.2, 0.25) is 0 Å². The van der Waals surface area contributed by atoms with Crippen molar-refractivity contribution in [1.82, 2.24) is 19.9 Å². The maximum Gasteiger partial charge on any atom is 0.414 e. The van der Waals surface area contributed by atoms with Crippen molar-refractivity contribution in [2.45, 2.75) is 32.6 Å². The summed E-state index contributed by atoms with van der Waals surface area (Å²) in [4.78, 5) is 41.9. The van der Waals surface area contributed by atoms with Crippen molar-refractivity contribution in [3.63, 3.8) is 0 Å². The number of amides is 2. The lowest BCUT2D eigenvalue weighted by Gasteiger charge is -2.14. The largest absolute Gasteiger partial charge is 0.446 e. The van der Waals surface area contributed by atoms with Gasteiger partial charge in [-0.15, -0.1) is 0 Å². The number of hydrogen-bond acceptors (Lipinski definition) is 9. The molecule has 3 aromatic rings. The molecule has 1 saturated heterocycles. The highest BCUT2D eigenvalue weighted by molar-refractivity contribution is 5.90. The molecule has 200 valence electrons. The Morgan fingerprint density at radius 1 is 1.32 bits per heavy atom. The van der Waals surface area contributed by atoms with E-state index in [4.69, 9.17) is 14.6 Å². The fourth-order valence-electron chi connectivity index (χ4n) is 3.84. The van der Waals surface area contributed by atoms with Crippen LogP contribution in [-0.2, 0) is 22.7 Å². The van der Waals surface area contributed by atoms with Gasteiger partial charge in [0.15, 0.2) is 0 Å². The number of hydrogen-bond donors (Lipinski definition) is 2. The molecular weight excluding hydrogens is 503 g/mol. The molecule has 0 aliphatic carbocycles. The van der Waals surface area contributed by atoms with Crippen molar-refractivity contribution in [3.8, 4) is 17.3 Å². The fraction of sp³-hybridized carbons (Fsp3) is 0.333. The van der Waals surface area contributed by atoms with E-state index >= 15 is 0 Å². The van der Waals surface area contributed by atoms with Crippen molar-refractivity contribution in [1.29, 1.82) is 0 Å². The van der Waals surface area contributed by atoms with Crippen LogP contribution < -0.4 is 15.0 Å². The summed E-state index contributed by atoms with van der Waals surface area (Å²) in [5.41, 5.74) is 1.47. The first-order valence-corrected chi connectivity index (χ1v) is 11.7. The summed E-state index contributed by atoms with van der Waals surface area (Å²) >= 11 is 0. The zero-order valence-electron chi connectivity index (χ0n) is 20.4. The van der Waals surface area contributed by atoms with Gasteiger partial charge in [-0.3, -0.25) is 19.2 Å². The van der Waals surface area contributed by atoms with Crippen LogP contribution in [0.4, 0.5) is 20.7 Å². The highest BCUT2D eigenvalue weighted by atomic mass is 19.1. The lowest BCUT2D eigenvalue weighted by molar-refractivity contribution is -0.389. The monoisotopic (exact) mass is 528 g/mol. The zero-order valence-corrected chi connectivity index (χ0v) is 20.4. The second-order valence-electron chi connectivity index (χ2n) is 8.42. The molecule has 2 amide bonds. The SMILES string of the molecule is CC(=O)NCC1CN(c2ccc(-c3cccc(CO)n3)c(F)c2)C(=O)O1.O=[N+]([O-])c1cn2c(n1)OCCC2. The Labute approximate surface area is 216 Å². The van der Waals surface area contributed by atoms with Crippen molar-refractivity contribution in [2.75, 3.05) is 24.6 Å². The third kappa shape index (κ3) is 6.21. The van der Waals surface area contributed by atoms with Gasteiger partial charge in [-0.2, -0.15) is 0 Å². The number of cyclic esters (lactones) is 1. The molecule has 0 spiro atoms. The van der Waals surface area contributed by atoms with Crippen LogP contribution in [0, 0.1) is 15.9 Å². The van der Waals surface area contributed by atoms with Gasteiger partial charge >= 0.3 is 17.9 Å². The number of halogens is 1. The quantitative estimate of drug-likeness (QED) is 0.361. The predicted molar refractivity (Wildman–Crippen MR) is 131 cm³/mol. The van der Waals surface area contributed by atoms with E-state index in [1.165, 1.54) is 30.2 Å². The minimum absolute atomic E-state index is 0.146. The number of fused-ring (bicyclic) bond motifs is 1. The van der Waals surface area contributed by atoms with Gasteiger partial charge in [0.05, 0.1) is 43.4 Å². The molecule has 2 N–H and O–H groups in total. The molecule has 2 aliphatic heterocycles. The molecule has 0 saturated carbocycles. The molecule has 1 aromatic carbocycles. The van der Waals surface area contributed by atoms with Gasteiger partial charge < -0.3 is 30.0 Å². The van der Waals surface area contributed by atoms with Gasteiger partial charge in [-0.1, -0.05) is 6.07 Å². The maximum absolute atomic E-state index is 14.6. The van der Waals surface area contributed by atoms with Gasteiger partial charge in [-0.25, -0.2) is 9.18 Å². The molecule has 13 nitrogen and oxygen atoms in total. The van der Waals surface area contributed by atoms with Gasteiger partial charge in [0.1, 0.15) is 18.1 Å². The Hall–Kier alpha value is -4.59. The van der Waals surface area contributed by atoms with E-state index in [0.717, 1.165) is 13.0 Å². The van der Waals surface area contributed by atoms with Crippen LogP contribution in [0.15, 0.2) is 42.6 Å². The van der Waals surface area contributed by atoms with E-state index in [1.807, 2.05) is 0 Å². The second kappa shape index (κ2) is 11.6. The molecular formula is C24H25FN6O7. The summed E-state index contributed by atoms with van der Waals surface area (Å²) in [6.07, 6.45) is 1.19. The van der Waals surface area contributed by atoms with Crippen LogP contribution in [-0.4, -0.2) is 62.4 Å². The topological polar surface area (TPSA) is 162 Å². The first kappa shape index (κ1) is 26.5. The van der Waals surface area contributed by atoms with Crippen LogP contribution >= 0.6 is 0 Å². The molecule has 1 fully saturated rings. The summed E-state index contributed by atoms with van der Waals surface area (Å²) in [5.74, 6) is -0.900. The summed E-state index contributed by atoms with van der Waals surface area (Å²) in [6.45, 7) is 2.90. The summed E-state index contributed by atoms with van der Waals surface area (Å²) in [5, 5.41) is 22.0. The minimum atomic E-state index is -0.590. The number of aromatic nitrogens is 3. The lowest BCUT2D eigenvalue weighted by Crippen LogP contribution is -2.33. The van der Waals surface area contributed by atoms with Crippen LogP contribution in [0.25, 0.3) is 11.3 Å². The Morgan fingerprint density at radius 3 is 2.82 bits per heavy atom. The minimum Gasteiger partial charge on any atom is -0.446 e. The van der Waals surface area contributed by atoms with Gasteiger partial charge in [0.25, 0.3) is 0 Å². The van der Waals surface area contributed by atoms with Crippen molar-refractivity contribution >= 4 is 23.5 Å². The number of aryl methyl sites for hydroxylation is 1. The Balaban J connectivity index is 0.000000232. The summed E-state index contributed by atoms with van der Waals surface area (Å²) in [7, 11) is 0. The number of rotatable bonds is 6. The van der Waals surface area contributed by atoms with Gasteiger partial charge in [-0.05, 0) is 41.7 Å². The van der Waals surface area contributed by atoms with E-state index in [-0.39, 0.29) is 37.0 Å². The molecule has 38 heavy (non-hydrogen) atoms. The van der Waals surface area contributed by atoms with E-state index in [9.17, 15) is 24.1 Å². The molecule has 0 radical (unpaired) electrons. The third-order valence-corrected chi connectivity index (χ3v) is 5.65. The second-order valence-corrected chi connectivity index (χ2v) is 8.42. The average Bonchev–Trinajstić information content (AvgIpc) is 3.51. The van der Waals surface area contributed by atoms with Crippen LogP contribution in [0.1, 0.15) is 19.0 Å². The lowest BCUT2D eigenvalue weighted by atomic mass is 10.1. The highest BCUT2D eigenvalue weighted by Gasteiger charge is 2.32. The molecule has 4 heterocycles. The Morgan fingerprint density at radius 2 is 2.13 bits per heavy atom.